The van der Waals surface area contributed by atoms with Crippen LogP contribution in [0, 0.1) is 5.92 Å². The van der Waals surface area contributed by atoms with Gasteiger partial charge in [0, 0.05) is 19.6 Å². The van der Waals surface area contributed by atoms with Crippen molar-refractivity contribution in [2.75, 3.05) is 13.2 Å². The van der Waals surface area contributed by atoms with Crippen LogP contribution in [0.3, 0.4) is 0 Å². The van der Waals surface area contributed by atoms with Crippen LogP contribution in [-0.4, -0.2) is 34.4 Å². The lowest BCUT2D eigenvalue weighted by molar-refractivity contribution is -0.136. The molecule has 6 nitrogen and oxygen atoms in total. The van der Waals surface area contributed by atoms with Crippen molar-refractivity contribution in [3.05, 3.63) is 11.7 Å². The molecule has 0 aliphatic carbocycles. The summed E-state index contributed by atoms with van der Waals surface area (Å²) in [7, 11) is 0. The maximum atomic E-state index is 10.4. The zero-order chi connectivity index (χ0) is 11.4. The normalized spacial score (nSPS) is 17.5. The van der Waals surface area contributed by atoms with Crippen LogP contribution in [0.1, 0.15) is 24.6 Å². The van der Waals surface area contributed by atoms with E-state index in [4.69, 9.17) is 14.4 Å². The minimum Gasteiger partial charge on any atom is -0.481 e. The van der Waals surface area contributed by atoms with Crippen LogP contribution in [-0.2, 0) is 22.4 Å². The first kappa shape index (κ1) is 11.1. The molecule has 88 valence electrons. The van der Waals surface area contributed by atoms with Gasteiger partial charge in [0.1, 0.15) is 6.42 Å². The molecule has 2 rings (SSSR count). The van der Waals surface area contributed by atoms with Crippen molar-refractivity contribution in [3.63, 3.8) is 0 Å². The summed E-state index contributed by atoms with van der Waals surface area (Å²) in [5, 5.41) is 12.3. The standard InChI is InChI=1S/C10H14N2O4/c13-10(14)6-9-11-8(12-16-9)5-7-1-3-15-4-2-7/h7H,1-6H2,(H,13,14). The summed E-state index contributed by atoms with van der Waals surface area (Å²) in [6.07, 6.45) is 2.54. The highest BCUT2D eigenvalue weighted by molar-refractivity contribution is 5.68. The number of hydrogen-bond donors (Lipinski definition) is 1. The summed E-state index contributed by atoms with van der Waals surface area (Å²) in [6, 6.07) is 0. The second-order valence-electron chi connectivity index (χ2n) is 3.93. The van der Waals surface area contributed by atoms with Crippen LogP contribution >= 0.6 is 0 Å². The number of aromatic nitrogens is 2. The maximum Gasteiger partial charge on any atom is 0.312 e. The number of aliphatic carboxylic acids is 1. The van der Waals surface area contributed by atoms with E-state index in [1.165, 1.54) is 0 Å². The zero-order valence-electron chi connectivity index (χ0n) is 8.89. The van der Waals surface area contributed by atoms with Crippen LogP contribution in [0.4, 0.5) is 0 Å². The highest BCUT2D eigenvalue weighted by Gasteiger charge is 2.18. The van der Waals surface area contributed by atoms with Gasteiger partial charge in [-0.15, -0.1) is 0 Å². The second kappa shape index (κ2) is 5.07. The van der Waals surface area contributed by atoms with Gasteiger partial charge in [0.05, 0.1) is 0 Å². The number of carboxylic acids is 1. The molecule has 0 unspecified atom stereocenters. The monoisotopic (exact) mass is 226 g/mol. The third-order valence-electron chi connectivity index (χ3n) is 2.62. The van der Waals surface area contributed by atoms with Crippen LogP contribution in [0.25, 0.3) is 0 Å². The molecule has 0 bridgehead atoms. The molecular formula is C10H14N2O4. The van der Waals surface area contributed by atoms with Gasteiger partial charge in [-0.25, -0.2) is 0 Å². The first-order valence-electron chi connectivity index (χ1n) is 5.35. The lowest BCUT2D eigenvalue weighted by Gasteiger charge is -2.20. The van der Waals surface area contributed by atoms with Crippen molar-refractivity contribution < 1.29 is 19.2 Å². The van der Waals surface area contributed by atoms with Gasteiger partial charge in [-0.05, 0) is 18.8 Å². The first-order chi connectivity index (χ1) is 7.74. The van der Waals surface area contributed by atoms with Crippen LogP contribution in [0.2, 0.25) is 0 Å². The quantitative estimate of drug-likeness (QED) is 0.811. The average molecular weight is 226 g/mol. The molecular weight excluding hydrogens is 212 g/mol. The SMILES string of the molecule is O=C(O)Cc1nc(CC2CCOCC2)no1. The van der Waals surface area contributed by atoms with Crippen molar-refractivity contribution in [2.45, 2.75) is 25.7 Å². The van der Waals surface area contributed by atoms with Crippen molar-refractivity contribution in [2.24, 2.45) is 5.92 Å². The smallest absolute Gasteiger partial charge is 0.312 e. The Balaban J connectivity index is 1.88. The van der Waals surface area contributed by atoms with Gasteiger partial charge in [-0.2, -0.15) is 4.98 Å². The van der Waals surface area contributed by atoms with E-state index in [0.717, 1.165) is 32.5 Å². The van der Waals surface area contributed by atoms with E-state index in [9.17, 15) is 4.79 Å². The van der Waals surface area contributed by atoms with Crippen molar-refractivity contribution in [1.82, 2.24) is 10.1 Å². The molecule has 1 aliphatic rings. The molecule has 0 amide bonds. The minimum atomic E-state index is -0.957. The minimum absolute atomic E-state index is 0.176. The summed E-state index contributed by atoms with van der Waals surface area (Å²) in [4.78, 5) is 14.5. The Hall–Kier alpha value is -1.43. The fourth-order valence-electron chi connectivity index (χ4n) is 1.78. The molecule has 1 aromatic heterocycles. The highest BCUT2D eigenvalue weighted by Crippen LogP contribution is 2.18. The molecule has 1 aliphatic heterocycles. The van der Waals surface area contributed by atoms with Gasteiger partial charge < -0.3 is 14.4 Å². The molecule has 0 aromatic carbocycles. The average Bonchev–Trinajstić information content (AvgIpc) is 2.66. The van der Waals surface area contributed by atoms with E-state index in [2.05, 4.69) is 10.1 Å². The van der Waals surface area contributed by atoms with E-state index < -0.39 is 5.97 Å². The Morgan fingerprint density at radius 1 is 1.44 bits per heavy atom. The lowest BCUT2D eigenvalue weighted by Crippen LogP contribution is -2.18. The summed E-state index contributed by atoms with van der Waals surface area (Å²) in [6.45, 7) is 1.56. The number of nitrogens with zero attached hydrogens (tertiary/aromatic N) is 2. The largest absolute Gasteiger partial charge is 0.481 e. The summed E-state index contributed by atoms with van der Waals surface area (Å²) in [5.74, 6) is 0.336. The van der Waals surface area contributed by atoms with Crippen molar-refractivity contribution in [3.8, 4) is 0 Å². The molecule has 6 heteroatoms. The Morgan fingerprint density at radius 3 is 2.88 bits per heavy atom. The summed E-state index contributed by atoms with van der Waals surface area (Å²) in [5.41, 5.74) is 0. The Bertz CT molecular complexity index is 357. The van der Waals surface area contributed by atoms with Crippen LogP contribution in [0.5, 0.6) is 0 Å². The molecule has 1 saturated heterocycles. The number of ether oxygens (including phenoxy) is 1. The fourth-order valence-corrected chi connectivity index (χ4v) is 1.78. The summed E-state index contributed by atoms with van der Waals surface area (Å²) >= 11 is 0. The molecule has 2 heterocycles. The van der Waals surface area contributed by atoms with Crippen molar-refractivity contribution >= 4 is 5.97 Å². The molecule has 16 heavy (non-hydrogen) atoms. The van der Waals surface area contributed by atoms with Crippen LogP contribution in [0.15, 0.2) is 4.52 Å². The van der Waals surface area contributed by atoms with E-state index in [1.807, 2.05) is 0 Å². The lowest BCUT2D eigenvalue weighted by atomic mass is 9.96. The number of carbonyl (C=O) groups is 1. The highest BCUT2D eigenvalue weighted by atomic mass is 16.5. The number of hydrogen-bond acceptors (Lipinski definition) is 5. The Morgan fingerprint density at radius 2 is 2.19 bits per heavy atom. The van der Waals surface area contributed by atoms with Gasteiger partial charge in [0.2, 0.25) is 5.89 Å². The fraction of sp³-hybridized carbons (Fsp3) is 0.700. The molecule has 0 atom stereocenters. The Labute approximate surface area is 92.6 Å². The molecule has 1 fully saturated rings. The van der Waals surface area contributed by atoms with E-state index >= 15 is 0 Å². The molecule has 1 N–H and O–H groups in total. The topological polar surface area (TPSA) is 85.5 Å². The van der Waals surface area contributed by atoms with Gasteiger partial charge in [0.15, 0.2) is 5.82 Å². The molecule has 0 radical (unpaired) electrons. The van der Waals surface area contributed by atoms with E-state index in [1.54, 1.807) is 0 Å². The van der Waals surface area contributed by atoms with Crippen LogP contribution < -0.4 is 0 Å². The number of carboxylic acid groups (broad SMARTS) is 1. The van der Waals surface area contributed by atoms with E-state index in [-0.39, 0.29) is 12.3 Å². The van der Waals surface area contributed by atoms with Gasteiger partial charge in [-0.1, -0.05) is 5.16 Å². The maximum absolute atomic E-state index is 10.4. The van der Waals surface area contributed by atoms with Gasteiger partial charge in [0.25, 0.3) is 0 Å². The van der Waals surface area contributed by atoms with E-state index in [0.29, 0.717) is 11.7 Å². The summed E-state index contributed by atoms with van der Waals surface area (Å²) < 4.78 is 10.1. The molecule has 1 aromatic rings. The molecule has 0 spiro atoms. The van der Waals surface area contributed by atoms with Crippen molar-refractivity contribution in [1.29, 1.82) is 0 Å². The van der Waals surface area contributed by atoms with Gasteiger partial charge >= 0.3 is 5.97 Å². The third-order valence-corrected chi connectivity index (χ3v) is 2.62. The second-order valence-corrected chi connectivity index (χ2v) is 3.93. The molecule has 0 saturated carbocycles. The number of rotatable bonds is 4. The predicted molar refractivity (Wildman–Crippen MR) is 52.9 cm³/mol. The Kier molecular flexibility index (Phi) is 3.51. The van der Waals surface area contributed by atoms with Gasteiger partial charge in [-0.3, -0.25) is 4.79 Å². The first-order valence-corrected chi connectivity index (χ1v) is 5.35. The zero-order valence-corrected chi connectivity index (χ0v) is 8.89. The predicted octanol–water partition coefficient (Wildman–Crippen LogP) is 0.666. The third kappa shape index (κ3) is 3.03.